The highest BCUT2D eigenvalue weighted by Crippen LogP contribution is 2.23. The Hall–Kier alpha value is -1.29. The van der Waals surface area contributed by atoms with E-state index in [9.17, 15) is 8.42 Å². The zero-order valence-corrected chi connectivity index (χ0v) is 17.5. The zero-order valence-electron chi connectivity index (χ0n) is 15.0. The van der Waals surface area contributed by atoms with Crippen LogP contribution in [0.15, 0.2) is 24.3 Å². The molecule has 0 radical (unpaired) electrons. The smallest absolute Gasteiger partial charge is 0.209 e. The highest BCUT2D eigenvalue weighted by atomic mass is 32.2. The number of rotatable bonds is 7. The number of aromatic nitrogens is 2. The molecule has 2 heterocycles. The van der Waals surface area contributed by atoms with E-state index in [1.165, 1.54) is 16.9 Å². The first-order valence-corrected chi connectivity index (χ1v) is 11.8. The third kappa shape index (κ3) is 4.70. The van der Waals surface area contributed by atoms with Crippen molar-refractivity contribution >= 4 is 44.2 Å². The first kappa shape index (κ1) is 19.5. The minimum Gasteiger partial charge on any atom is -0.330 e. The summed E-state index contributed by atoms with van der Waals surface area (Å²) in [6, 6.07) is 8.31. The van der Waals surface area contributed by atoms with E-state index in [1.54, 1.807) is 4.68 Å². The van der Waals surface area contributed by atoms with E-state index in [2.05, 4.69) is 34.4 Å². The highest BCUT2D eigenvalue weighted by Gasteiger charge is 2.31. The molecule has 0 spiro atoms. The van der Waals surface area contributed by atoms with E-state index in [-0.39, 0.29) is 17.5 Å². The first-order chi connectivity index (χ1) is 12.4. The Morgan fingerprint density at radius 2 is 2.08 bits per heavy atom. The van der Waals surface area contributed by atoms with Gasteiger partial charge < -0.3 is 5.32 Å². The first-order valence-electron chi connectivity index (χ1n) is 8.78. The van der Waals surface area contributed by atoms with E-state index >= 15 is 0 Å². The lowest BCUT2D eigenvalue weighted by Gasteiger charge is -2.25. The van der Waals surface area contributed by atoms with Gasteiger partial charge in [-0.1, -0.05) is 37.3 Å². The number of hydrogen-bond acceptors (Lipinski definition) is 7. The summed E-state index contributed by atoms with van der Waals surface area (Å²) >= 11 is 6.87. The van der Waals surface area contributed by atoms with E-state index in [0.29, 0.717) is 17.0 Å². The molecular formula is C17H24N4O2S3. The Balaban J connectivity index is 1.69. The van der Waals surface area contributed by atoms with Gasteiger partial charge in [0.05, 0.1) is 18.2 Å². The molecule has 0 aliphatic carbocycles. The lowest BCUT2D eigenvalue weighted by Crippen LogP contribution is -2.37. The highest BCUT2D eigenvalue weighted by molar-refractivity contribution is 7.91. The van der Waals surface area contributed by atoms with Crippen LogP contribution >= 0.6 is 23.6 Å². The molecule has 1 N–H and O–H groups in total. The van der Waals surface area contributed by atoms with Gasteiger partial charge in [0, 0.05) is 11.7 Å². The Kier molecular flexibility index (Phi) is 6.11. The summed E-state index contributed by atoms with van der Waals surface area (Å²) in [6.45, 7) is 5.45. The van der Waals surface area contributed by atoms with Crippen molar-refractivity contribution in [3.63, 3.8) is 0 Å². The van der Waals surface area contributed by atoms with Crippen molar-refractivity contribution in [2.24, 2.45) is 0 Å². The van der Waals surface area contributed by atoms with Crippen LogP contribution in [0.4, 0.5) is 10.8 Å². The van der Waals surface area contributed by atoms with E-state index < -0.39 is 9.84 Å². The summed E-state index contributed by atoms with van der Waals surface area (Å²) in [6.07, 6.45) is 1.69. The van der Waals surface area contributed by atoms with Gasteiger partial charge in [-0.2, -0.15) is 0 Å². The average molecular weight is 413 g/mol. The van der Waals surface area contributed by atoms with Gasteiger partial charge in [-0.15, -0.1) is 5.10 Å². The van der Waals surface area contributed by atoms with Gasteiger partial charge in [-0.05, 0) is 49.3 Å². The number of hydrogen-bond donors (Lipinski definition) is 1. The molecule has 1 aromatic carbocycles. The molecule has 142 valence electrons. The second-order valence-corrected chi connectivity index (χ2v) is 10.3. The zero-order chi connectivity index (χ0) is 18.7. The lowest BCUT2D eigenvalue weighted by molar-refractivity contribution is 0.165. The van der Waals surface area contributed by atoms with Gasteiger partial charge in [0.1, 0.15) is 0 Å². The Morgan fingerprint density at radius 3 is 2.65 bits per heavy atom. The van der Waals surface area contributed by atoms with Crippen LogP contribution in [0.2, 0.25) is 0 Å². The maximum Gasteiger partial charge on any atom is 0.209 e. The van der Waals surface area contributed by atoms with Crippen LogP contribution in [0.1, 0.15) is 25.8 Å². The molecule has 9 heteroatoms. The predicted molar refractivity (Wildman–Crippen MR) is 109 cm³/mol. The molecule has 3 rings (SSSR count). The summed E-state index contributed by atoms with van der Waals surface area (Å²) < 4.78 is 26.0. The van der Waals surface area contributed by atoms with Crippen molar-refractivity contribution in [1.29, 1.82) is 0 Å². The van der Waals surface area contributed by atoms with Gasteiger partial charge in [0.2, 0.25) is 5.13 Å². The molecular weight excluding hydrogens is 388 g/mol. The summed E-state index contributed by atoms with van der Waals surface area (Å²) in [5, 5.41) is 8.61. The molecule has 1 saturated heterocycles. The number of nitrogens with one attached hydrogen (secondary N) is 1. The third-order valence-corrected chi connectivity index (χ3v) is 7.64. The maximum atomic E-state index is 11.8. The van der Waals surface area contributed by atoms with Gasteiger partial charge in [0.15, 0.2) is 13.8 Å². The number of aryl methyl sites for hydroxylation is 1. The fourth-order valence-corrected chi connectivity index (χ4v) is 5.88. The van der Waals surface area contributed by atoms with Crippen LogP contribution in [-0.4, -0.2) is 47.2 Å². The number of anilines is 2. The van der Waals surface area contributed by atoms with Crippen molar-refractivity contribution in [3.8, 4) is 0 Å². The number of nitrogens with zero attached hydrogens (tertiary/aromatic N) is 3. The molecule has 0 bridgehead atoms. The van der Waals surface area contributed by atoms with Crippen molar-refractivity contribution in [1.82, 2.24) is 14.7 Å². The van der Waals surface area contributed by atoms with E-state index in [0.717, 1.165) is 23.8 Å². The lowest BCUT2D eigenvalue weighted by atomic mass is 10.1. The minimum absolute atomic E-state index is 0.0478. The summed E-state index contributed by atoms with van der Waals surface area (Å²) in [7, 11) is -2.90. The van der Waals surface area contributed by atoms with Crippen LogP contribution in [0.25, 0.3) is 0 Å². The van der Waals surface area contributed by atoms with Crippen LogP contribution in [0, 0.1) is 3.95 Å². The maximum absolute atomic E-state index is 11.8. The standard InChI is InChI=1S/C17H24N4O2S3/c1-3-13-5-7-14(8-6-13)18-16-19-21(17(24)25-16)12-20(4-2)15-9-10-26(22,23)11-15/h5-8,15H,3-4,9-12H2,1-2H3,(H,18,19)/t15-/m1/s1. The molecule has 1 aromatic heterocycles. The molecule has 6 nitrogen and oxygen atoms in total. The minimum atomic E-state index is -2.90. The molecule has 1 aliphatic heterocycles. The Bertz CT molecular complexity index is 903. The normalized spacial score (nSPS) is 19.1. The van der Waals surface area contributed by atoms with Gasteiger partial charge >= 0.3 is 0 Å². The van der Waals surface area contributed by atoms with Crippen molar-refractivity contribution < 1.29 is 8.42 Å². The van der Waals surface area contributed by atoms with Crippen molar-refractivity contribution in [2.45, 2.75) is 39.4 Å². The molecule has 1 atom stereocenters. The van der Waals surface area contributed by atoms with E-state index in [4.69, 9.17) is 12.2 Å². The quantitative estimate of drug-likeness (QED) is 0.703. The van der Waals surface area contributed by atoms with Gasteiger partial charge in [-0.25, -0.2) is 13.1 Å². The summed E-state index contributed by atoms with van der Waals surface area (Å²) in [5.74, 6) is 0.504. The molecule has 1 fully saturated rings. The molecule has 26 heavy (non-hydrogen) atoms. The van der Waals surface area contributed by atoms with Crippen LogP contribution < -0.4 is 5.32 Å². The second kappa shape index (κ2) is 8.16. The monoisotopic (exact) mass is 412 g/mol. The SMILES string of the molecule is CCc1ccc(Nc2nn(CN(CC)[C@@H]3CCS(=O)(=O)C3)c(=S)s2)cc1. The fourth-order valence-electron chi connectivity index (χ4n) is 3.10. The third-order valence-electron chi connectivity index (χ3n) is 4.67. The van der Waals surface area contributed by atoms with Crippen molar-refractivity contribution in [3.05, 3.63) is 33.8 Å². The van der Waals surface area contributed by atoms with Gasteiger partial charge in [0.25, 0.3) is 0 Å². The topological polar surface area (TPSA) is 67.2 Å². The molecule has 0 unspecified atom stereocenters. The van der Waals surface area contributed by atoms with Crippen LogP contribution in [0.3, 0.4) is 0 Å². The van der Waals surface area contributed by atoms with Gasteiger partial charge in [-0.3, -0.25) is 4.90 Å². The Morgan fingerprint density at radius 1 is 1.35 bits per heavy atom. The predicted octanol–water partition coefficient (Wildman–Crippen LogP) is 3.45. The number of benzene rings is 1. The number of sulfone groups is 1. The molecule has 1 aliphatic rings. The Labute approximate surface area is 163 Å². The molecule has 2 aromatic rings. The summed E-state index contributed by atoms with van der Waals surface area (Å²) in [4.78, 5) is 2.14. The second-order valence-electron chi connectivity index (χ2n) is 6.45. The largest absolute Gasteiger partial charge is 0.330 e. The van der Waals surface area contributed by atoms with Crippen LogP contribution in [-0.2, 0) is 22.9 Å². The van der Waals surface area contributed by atoms with Crippen molar-refractivity contribution in [2.75, 3.05) is 23.4 Å². The summed E-state index contributed by atoms with van der Waals surface area (Å²) in [5.41, 5.74) is 2.27. The fraction of sp³-hybridized carbons (Fsp3) is 0.529. The average Bonchev–Trinajstić information content (AvgIpc) is 3.15. The van der Waals surface area contributed by atoms with Crippen LogP contribution in [0.5, 0.6) is 0 Å². The van der Waals surface area contributed by atoms with E-state index in [1.807, 2.05) is 19.1 Å². The molecule has 0 saturated carbocycles. The molecule has 0 amide bonds.